The summed E-state index contributed by atoms with van der Waals surface area (Å²) < 4.78 is 70.2. The van der Waals surface area contributed by atoms with Gasteiger partial charge in [0.1, 0.15) is 6.04 Å². The van der Waals surface area contributed by atoms with E-state index in [0.717, 1.165) is 17.0 Å². The van der Waals surface area contributed by atoms with Gasteiger partial charge in [-0.1, -0.05) is 0 Å². The molecular weight excluding hydrogens is 657 g/mol. The molecule has 4 fully saturated rings. The van der Waals surface area contributed by atoms with Crippen LogP contribution in [0.4, 0.5) is 32.4 Å². The van der Waals surface area contributed by atoms with Crippen LogP contribution >= 0.6 is 0 Å². The van der Waals surface area contributed by atoms with Crippen LogP contribution in [0.1, 0.15) is 44.7 Å². The number of carbonyl (C=O) groups is 3. The van der Waals surface area contributed by atoms with E-state index in [0.29, 0.717) is 66.1 Å². The van der Waals surface area contributed by atoms with E-state index in [4.69, 9.17) is 0 Å². The highest BCUT2D eigenvalue weighted by molar-refractivity contribution is 6.03. The van der Waals surface area contributed by atoms with Gasteiger partial charge in [-0.05, 0) is 48.4 Å². The van der Waals surface area contributed by atoms with Crippen molar-refractivity contribution in [3.8, 4) is 11.3 Å². The Morgan fingerprint density at radius 1 is 1.12 bits per heavy atom. The lowest BCUT2D eigenvalue weighted by molar-refractivity contribution is -0.141. The van der Waals surface area contributed by atoms with Gasteiger partial charge in [-0.15, -0.1) is 0 Å². The number of carbonyl (C=O) groups excluding carboxylic acids is 3. The smallest absolute Gasteiger partial charge is 0.390 e. The standard InChI is InChI=1S/C31H34F5N9O4/c1-14-5-15(3-4-16(14)27(47)39-7-17-18-11-44(12-19(17)18)29(49)41-21-8-37-10-23(21)46)40-28(48)26-38-9-22(43(26)2)20-13-45(24-6-30(24,32)33)42-25(20)31(34,35)36/h3-5,9,13,17-19,21,23-24,37,46H,6-8,10-12H2,1-2H3,(H,39,47)(H,40,48)(H,41,49)/t17?,18?,19?,21?,23-,24?/m0/s1. The highest BCUT2D eigenvalue weighted by Crippen LogP contribution is 2.53. The molecule has 3 aromatic rings. The fourth-order valence-corrected chi connectivity index (χ4v) is 6.97. The molecular formula is C31H34F5N9O4. The van der Waals surface area contributed by atoms with Crippen LogP contribution in [-0.4, -0.2) is 98.0 Å². The van der Waals surface area contributed by atoms with E-state index in [-0.39, 0.29) is 35.4 Å². The molecule has 262 valence electrons. The summed E-state index contributed by atoms with van der Waals surface area (Å²) in [4.78, 5) is 44.4. The number of aryl methyl sites for hydroxylation is 1. The maximum Gasteiger partial charge on any atom is 0.435 e. The number of hydrogen-bond acceptors (Lipinski definition) is 7. The van der Waals surface area contributed by atoms with Crippen molar-refractivity contribution < 1.29 is 41.4 Å². The van der Waals surface area contributed by atoms with Crippen LogP contribution in [0.2, 0.25) is 0 Å². The lowest BCUT2D eigenvalue weighted by Crippen LogP contribution is -2.49. The molecule has 0 bridgehead atoms. The summed E-state index contributed by atoms with van der Waals surface area (Å²) in [5.74, 6) is -3.56. The summed E-state index contributed by atoms with van der Waals surface area (Å²) in [6.07, 6.45) is -4.21. The van der Waals surface area contributed by atoms with Gasteiger partial charge >= 0.3 is 12.2 Å². The molecule has 0 spiro atoms. The minimum absolute atomic E-state index is 0.131. The lowest BCUT2D eigenvalue weighted by atomic mass is 10.1. The predicted octanol–water partition coefficient (Wildman–Crippen LogP) is 2.39. The molecule has 49 heavy (non-hydrogen) atoms. The number of halogens is 5. The van der Waals surface area contributed by atoms with E-state index in [1.165, 1.54) is 13.1 Å². The van der Waals surface area contributed by atoms with Gasteiger partial charge in [-0.25, -0.2) is 18.6 Å². The monoisotopic (exact) mass is 691 g/mol. The van der Waals surface area contributed by atoms with Crippen molar-refractivity contribution in [1.82, 2.24) is 40.2 Å². The van der Waals surface area contributed by atoms with Crippen molar-refractivity contribution in [2.45, 2.75) is 43.6 Å². The zero-order valence-corrected chi connectivity index (χ0v) is 26.4. The Hall–Kier alpha value is -4.58. The second-order valence-electron chi connectivity index (χ2n) is 13.2. The first-order valence-corrected chi connectivity index (χ1v) is 15.8. The van der Waals surface area contributed by atoms with Crippen molar-refractivity contribution in [3.05, 3.63) is 53.2 Å². The number of piperidine rings is 1. The van der Waals surface area contributed by atoms with Crippen LogP contribution in [0.25, 0.3) is 11.3 Å². The van der Waals surface area contributed by atoms with Crippen LogP contribution in [0.15, 0.2) is 30.6 Å². The molecule has 2 saturated heterocycles. The SMILES string of the molecule is Cc1cc(NC(=O)c2ncc(-c3cn(C4CC4(F)F)nc3C(F)(F)F)n2C)ccc1C(=O)NCC1C2CN(C(=O)NC3CNC[C@@H]3O)CC12. The number of anilines is 1. The molecule has 4 amide bonds. The average molecular weight is 692 g/mol. The summed E-state index contributed by atoms with van der Waals surface area (Å²) in [7, 11) is 1.33. The number of likely N-dealkylation sites (tertiary alicyclic amines) is 1. The van der Waals surface area contributed by atoms with Crippen molar-refractivity contribution in [2.75, 3.05) is 38.0 Å². The molecule has 4 aliphatic rings. The number of amides is 4. The topological polar surface area (TPSA) is 158 Å². The van der Waals surface area contributed by atoms with Gasteiger partial charge in [0.15, 0.2) is 11.5 Å². The Labute approximate surface area is 276 Å². The molecule has 2 saturated carbocycles. The molecule has 2 aliphatic heterocycles. The van der Waals surface area contributed by atoms with E-state index in [1.54, 1.807) is 24.0 Å². The third-order valence-electron chi connectivity index (χ3n) is 9.96. The Bertz CT molecular complexity index is 1810. The summed E-state index contributed by atoms with van der Waals surface area (Å²) >= 11 is 0. The van der Waals surface area contributed by atoms with Crippen LogP contribution in [0.5, 0.6) is 0 Å². The van der Waals surface area contributed by atoms with Gasteiger partial charge in [-0.3, -0.25) is 14.3 Å². The predicted molar refractivity (Wildman–Crippen MR) is 163 cm³/mol. The number of nitrogens with one attached hydrogen (secondary N) is 4. The van der Waals surface area contributed by atoms with Crippen LogP contribution < -0.4 is 21.3 Å². The second-order valence-corrected chi connectivity index (χ2v) is 13.2. The summed E-state index contributed by atoms with van der Waals surface area (Å²) in [5, 5.41) is 24.8. The molecule has 4 heterocycles. The number of rotatable bonds is 8. The largest absolute Gasteiger partial charge is 0.435 e. The zero-order chi connectivity index (χ0) is 35.0. The average Bonchev–Trinajstić information content (AvgIpc) is 3.47. The molecule has 2 aromatic heterocycles. The molecule has 13 nitrogen and oxygen atoms in total. The Morgan fingerprint density at radius 3 is 2.45 bits per heavy atom. The van der Waals surface area contributed by atoms with Gasteiger partial charge in [0, 0.05) is 63.6 Å². The minimum Gasteiger partial charge on any atom is -0.390 e. The first kappa shape index (κ1) is 32.9. The summed E-state index contributed by atoms with van der Waals surface area (Å²) in [5.41, 5.74) is -0.690. The van der Waals surface area contributed by atoms with Gasteiger partial charge in [0.25, 0.3) is 17.7 Å². The minimum atomic E-state index is -4.93. The van der Waals surface area contributed by atoms with Crippen molar-refractivity contribution in [1.29, 1.82) is 0 Å². The quantitative estimate of drug-likeness (QED) is 0.227. The molecule has 2 aliphatic carbocycles. The fraction of sp³-hybridized carbons (Fsp3) is 0.516. The van der Waals surface area contributed by atoms with E-state index in [2.05, 4.69) is 31.3 Å². The number of hydrogen-bond donors (Lipinski definition) is 5. The molecule has 5 N–H and O–H groups in total. The first-order chi connectivity index (χ1) is 23.1. The number of urea groups is 1. The number of fused-ring (bicyclic) bond motifs is 1. The molecule has 4 unspecified atom stereocenters. The zero-order valence-electron chi connectivity index (χ0n) is 26.4. The molecule has 1 aromatic carbocycles. The third-order valence-corrected chi connectivity index (χ3v) is 9.96. The number of alkyl halides is 5. The van der Waals surface area contributed by atoms with E-state index in [9.17, 15) is 41.4 Å². The molecule has 18 heteroatoms. The molecule has 0 radical (unpaired) electrons. The molecule has 5 atom stereocenters. The Balaban J connectivity index is 0.938. The van der Waals surface area contributed by atoms with Gasteiger partial charge in [-0.2, -0.15) is 18.3 Å². The highest BCUT2D eigenvalue weighted by Gasteiger charge is 2.60. The van der Waals surface area contributed by atoms with Crippen LogP contribution in [0, 0.1) is 24.7 Å². The van der Waals surface area contributed by atoms with Gasteiger partial charge in [0.05, 0.1) is 29.6 Å². The number of imidazole rings is 1. The van der Waals surface area contributed by atoms with Gasteiger partial charge < -0.3 is 35.8 Å². The first-order valence-electron chi connectivity index (χ1n) is 15.8. The van der Waals surface area contributed by atoms with Crippen LogP contribution in [-0.2, 0) is 13.2 Å². The van der Waals surface area contributed by atoms with Gasteiger partial charge in [0.2, 0.25) is 0 Å². The number of aliphatic hydroxyl groups is 1. The van der Waals surface area contributed by atoms with Crippen molar-refractivity contribution in [2.24, 2.45) is 24.8 Å². The fourth-order valence-electron chi connectivity index (χ4n) is 6.97. The van der Waals surface area contributed by atoms with E-state index in [1.807, 2.05) is 0 Å². The molecule has 7 rings (SSSR count). The number of β-amino-alcohol motifs (C(OH)–C–C–N with tert-alkyl or cyclic N) is 1. The number of nitrogens with zero attached hydrogens (tertiary/aromatic N) is 5. The summed E-state index contributed by atoms with van der Waals surface area (Å²) in [6, 6.07) is 2.67. The number of aliphatic hydroxyl groups excluding tert-OH is 1. The normalized spacial score (nSPS) is 26.7. The highest BCUT2D eigenvalue weighted by atomic mass is 19.4. The number of benzene rings is 1. The number of aromatic nitrogens is 4. The third kappa shape index (κ3) is 6.22. The van der Waals surface area contributed by atoms with Crippen LogP contribution in [0.3, 0.4) is 0 Å². The summed E-state index contributed by atoms with van der Waals surface area (Å²) in [6.45, 7) is 4.30. The maximum absolute atomic E-state index is 13.8. The van der Waals surface area contributed by atoms with Crippen molar-refractivity contribution >= 4 is 23.5 Å². The Kier molecular flexibility index (Phi) is 7.92. The lowest BCUT2D eigenvalue weighted by Gasteiger charge is -2.24. The van der Waals surface area contributed by atoms with E-state index < -0.39 is 47.8 Å². The van der Waals surface area contributed by atoms with Crippen molar-refractivity contribution in [3.63, 3.8) is 0 Å². The maximum atomic E-state index is 13.8. The second kappa shape index (κ2) is 11.8. The van der Waals surface area contributed by atoms with E-state index >= 15 is 0 Å². The Morgan fingerprint density at radius 2 is 1.84 bits per heavy atom.